The smallest absolute Gasteiger partial charge is 0.291 e. The van der Waals surface area contributed by atoms with E-state index in [1.54, 1.807) is 10.7 Å². The number of carbonyl (C=O) groups excluding carboxylic acids is 1. The third kappa shape index (κ3) is 5.36. The van der Waals surface area contributed by atoms with Crippen LogP contribution in [-0.2, 0) is 6.54 Å². The van der Waals surface area contributed by atoms with Crippen LogP contribution in [0.2, 0.25) is 5.02 Å². The fourth-order valence-corrected chi connectivity index (χ4v) is 3.65. The Balaban J connectivity index is 1.54. The number of carbonyl (C=O) groups is 1. The topological polar surface area (TPSA) is 112 Å². The number of benzene rings is 2. The van der Waals surface area contributed by atoms with Crippen molar-refractivity contribution in [3.05, 3.63) is 97.7 Å². The second-order valence-electron chi connectivity index (χ2n) is 8.21. The van der Waals surface area contributed by atoms with E-state index < -0.39 is 10.8 Å². The lowest BCUT2D eigenvalue weighted by molar-refractivity contribution is -0.384. The molecule has 0 saturated carbocycles. The van der Waals surface area contributed by atoms with Gasteiger partial charge in [-0.25, -0.2) is 0 Å². The van der Waals surface area contributed by atoms with Gasteiger partial charge in [-0.15, -0.1) is 0 Å². The molecule has 2 heterocycles. The van der Waals surface area contributed by atoms with Gasteiger partial charge < -0.3 is 14.5 Å². The lowest BCUT2D eigenvalue weighted by atomic mass is 10.1. The van der Waals surface area contributed by atoms with E-state index in [1.807, 2.05) is 45.9 Å². The van der Waals surface area contributed by atoms with Gasteiger partial charge in [0, 0.05) is 12.1 Å². The largest absolute Gasteiger partial charge is 0.457 e. The van der Waals surface area contributed by atoms with Gasteiger partial charge in [0.15, 0.2) is 5.76 Å². The summed E-state index contributed by atoms with van der Waals surface area (Å²) in [4.78, 5) is 23.7. The Labute approximate surface area is 206 Å². The summed E-state index contributed by atoms with van der Waals surface area (Å²) in [6.45, 7) is 7.76. The molecule has 0 aliphatic carbocycles. The van der Waals surface area contributed by atoms with Crippen LogP contribution in [0, 0.1) is 37.8 Å². The quantitative estimate of drug-likeness (QED) is 0.236. The number of ether oxygens (including phenoxy) is 1. The normalized spacial score (nSPS) is 10.9. The van der Waals surface area contributed by atoms with Crippen molar-refractivity contribution in [2.75, 3.05) is 5.32 Å². The van der Waals surface area contributed by atoms with Crippen LogP contribution in [-0.4, -0.2) is 20.6 Å². The molecule has 2 aromatic heterocycles. The molecule has 0 aliphatic rings. The van der Waals surface area contributed by atoms with Crippen LogP contribution >= 0.6 is 11.6 Å². The molecule has 4 rings (SSSR count). The van der Waals surface area contributed by atoms with Crippen LogP contribution in [0.3, 0.4) is 0 Å². The van der Waals surface area contributed by atoms with Gasteiger partial charge in [0.1, 0.15) is 17.3 Å². The summed E-state index contributed by atoms with van der Waals surface area (Å²) >= 11 is 6.19. The van der Waals surface area contributed by atoms with Crippen molar-refractivity contribution >= 4 is 28.9 Å². The van der Waals surface area contributed by atoms with Gasteiger partial charge in [0.25, 0.3) is 11.6 Å². The van der Waals surface area contributed by atoms with E-state index in [1.165, 1.54) is 24.3 Å². The lowest BCUT2D eigenvalue weighted by Crippen LogP contribution is -2.11. The van der Waals surface area contributed by atoms with Crippen LogP contribution in [0.15, 0.2) is 52.9 Å². The van der Waals surface area contributed by atoms with Gasteiger partial charge in [-0.05, 0) is 57.0 Å². The van der Waals surface area contributed by atoms with Crippen LogP contribution in [0.5, 0.6) is 11.5 Å². The molecule has 1 N–H and O–H groups in total. The predicted octanol–water partition coefficient (Wildman–Crippen LogP) is 6.36. The van der Waals surface area contributed by atoms with Gasteiger partial charge in [0.05, 0.1) is 39.6 Å². The van der Waals surface area contributed by atoms with E-state index in [2.05, 4.69) is 10.4 Å². The van der Waals surface area contributed by atoms with Crippen LogP contribution in [0.1, 0.15) is 38.8 Å². The SMILES string of the molecule is Cc1ccc(C)c(Oc2cc(NC(=O)c3ccc(Cn4nc(C)c(Cl)c4C)o3)cc([N+](=O)[O-])c2)c1. The fraction of sp³-hybridized carbons (Fsp3) is 0.200. The maximum atomic E-state index is 12.8. The number of amides is 1. The number of aryl methyl sites for hydroxylation is 3. The molecule has 10 heteroatoms. The molecule has 0 atom stereocenters. The minimum atomic E-state index is -0.555. The molecule has 0 aliphatic heterocycles. The lowest BCUT2D eigenvalue weighted by Gasteiger charge is -2.11. The van der Waals surface area contributed by atoms with Gasteiger partial charge >= 0.3 is 0 Å². The Hall–Kier alpha value is -4.11. The molecule has 9 nitrogen and oxygen atoms in total. The fourth-order valence-electron chi connectivity index (χ4n) is 3.52. The maximum absolute atomic E-state index is 12.8. The molecule has 0 spiro atoms. The standard InChI is InChI=1S/C25H23ClN4O5/c1-14-5-6-15(2)23(9-14)35-21-11-18(10-19(12-21)30(32)33)27-25(31)22-8-7-20(34-22)13-29-17(4)24(26)16(3)28-29/h5-12H,13H2,1-4H3,(H,27,31). The Morgan fingerprint density at radius 3 is 2.60 bits per heavy atom. The van der Waals surface area contributed by atoms with E-state index in [4.69, 9.17) is 20.8 Å². The molecule has 0 unspecified atom stereocenters. The molecule has 180 valence electrons. The van der Waals surface area contributed by atoms with Crippen LogP contribution < -0.4 is 10.1 Å². The summed E-state index contributed by atoms with van der Waals surface area (Å²) in [6.07, 6.45) is 0. The summed E-state index contributed by atoms with van der Waals surface area (Å²) in [6, 6.07) is 13.0. The molecule has 4 aromatic rings. The first kappa shape index (κ1) is 24.0. The van der Waals surface area contributed by atoms with Crippen LogP contribution in [0.25, 0.3) is 0 Å². The summed E-state index contributed by atoms with van der Waals surface area (Å²) in [5.41, 5.74) is 3.34. The van der Waals surface area contributed by atoms with Gasteiger partial charge in [0.2, 0.25) is 0 Å². The van der Waals surface area contributed by atoms with Crippen molar-refractivity contribution in [2.45, 2.75) is 34.2 Å². The first-order chi connectivity index (χ1) is 16.6. The average Bonchev–Trinajstić information content (AvgIpc) is 3.37. The highest BCUT2D eigenvalue weighted by atomic mass is 35.5. The Morgan fingerprint density at radius 1 is 1.14 bits per heavy atom. The highest BCUT2D eigenvalue weighted by Gasteiger charge is 2.18. The number of nitrogens with zero attached hydrogens (tertiary/aromatic N) is 3. The number of nitrogens with one attached hydrogen (secondary N) is 1. The number of non-ortho nitro benzene ring substituents is 1. The van der Waals surface area contributed by atoms with Crippen molar-refractivity contribution in [1.29, 1.82) is 0 Å². The average molecular weight is 495 g/mol. The number of halogens is 1. The van der Waals surface area contributed by atoms with Crippen molar-refractivity contribution in [3.63, 3.8) is 0 Å². The van der Waals surface area contributed by atoms with Gasteiger partial charge in [-0.2, -0.15) is 5.10 Å². The number of nitro benzene ring substituents is 1. The Kier molecular flexibility index (Phi) is 6.61. The van der Waals surface area contributed by atoms with E-state index in [9.17, 15) is 14.9 Å². The zero-order valence-corrected chi connectivity index (χ0v) is 20.3. The summed E-state index contributed by atoms with van der Waals surface area (Å²) in [5.74, 6) is 0.805. The maximum Gasteiger partial charge on any atom is 0.291 e. The predicted molar refractivity (Wildman–Crippen MR) is 132 cm³/mol. The number of rotatable bonds is 7. The zero-order chi connectivity index (χ0) is 25.3. The van der Waals surface area contributed by atoms with E-state index in [-0.39, 0.29) is 22.9 Å². The number of hydrogen-bond donors (Lipinski definition) is 1. The molecule has 0 fully saturated rings. The molecular weight excluding hydrogens is 472 g/mol. The third-order valence-electron chi connectivity index (χ3n) is 5.42. The minimum Gasteiger partial charge on any atom is -0.457 e. The van der Waals surface area contributed by atoms with Gasteiger partial charge in [-0.1, -0.05) is 23.7 Å². The molecule has 35 heavy (non-hydrogen) atoms. The van der Waals surface area contributed by atoms with Crippen LogP contribution in [0.4, 0.5) is 11.4 Å². The van der Waals surface area contributed by atoms with E-state index in [0.717, 1.165) is 16.8 Å². The molecule has 1 amide bonds. The number of aromatic nitrogens is 2. The first-order valence-corrected chi connectivity index (χ1v) is 11.1. The second kappa shape index (κ2) is 9.63. The van der Waals surface area contributed by atoms with Crippen molar-refractivity contribution in [1.82, 2.24) is 9.78 Å². The van der Waals surface area contributed by atoms with Crippen molar-refractivity contribution in [3.8, 4) is 11.5 Å². The molecule has 0 saturated heterocycles. The Morgan fingerprint density at radius 2 is 1.91 bits per heavy atom. The van der Waals surface area contributed by atoms with Crippen molar-refractivity contribution < 1.29 is 18.9 Å². The van der Waals surface area contributed by atoms with E-state index >= 15 is 0 Å². The second-order valence-corrected chi connectivity index (χ2v) is 8.58. The zero-order valence-electron chi connectivity index (χ0n) is 19.6. The number of hydrogen-bond acceptors (Lipinski definition) is 6. The first-order valence-electron chi connectivity index (χ1n) is 10.7. The third-order valence-corrected chi connectivity index (χ3v) is 5.96. The summed E-state index contributed by atoms with van der Waals surface area (Å²) < 4.78 is 13.3. The van der Waals surface area contributed by atoms with Crippen molar-refractivity contribution in [2.24, 2.45) is 0 Å². The minimum absolute atomic E-state index is 0.0520. The molecule has 0 radical (unpaired) electrons. The van der Waals surface area contributed by atoms with Gasteiger partial charge in [-0.3, -0.25) is 19.6 Å². The molecule has 2 aromatic carbocycles. The summed E-state index contributed by atoms with van der Waals surface area (Å²) in [5, 5.41) is 19.1. The number of furan rings is 1. The van der Waals surface area contributed by atoms with E-state index in [0.29, 0.717) is 28.8 Å². The molecule has 0 bridgehead atoms. The summed E-state index contributed by atoms with van der Waals surface area (Å²) in [7, 11) is 0. The highest BCUT2D eigenvalue weighted by Crippen LogP contribution is 2.32. The highest BCUT2D eigenvalue weighted by molar-refractivity contribution is 6.31. The monoisotopic (exact) mass is 494 g/mol. The molecular formula is C25H23ClN4O5. The Bertz CT molecular complexity index is 1440. The number of nitro groups is 1. The number of anilines is 1.